The molecule has 29 heavy (non-hydrogen) atoms. The van der Waals surface area contributed by atoms with Crippen LogP contribution in [0.15, 0.2) is 16.7 Å². The van der Waals surface area contributed by atoms with Gasteiger partial charge in [-0.15, -0.1) is 11.3 Å². The van der Waals surface area contributed by atoms with E-state index in [-0.39, 0.29) is 28.3 Å². The van der Waals surface area contributed by atoms with E-state index in [2.05, 4.69) is 41.8 Å². The molecule has 1 aliphatic rings. The number of hydrogen-bond acceptors (Lipinski definition) is 5. The van der Waals surface area contributed by atoms with Gasteiger partial charge in [0.25, 0.3) is 0 Å². The Balaban J connectivity index is 1.88. The van der Waals surface area contributed by atoms with Gasteiger partial charge in [0.15, 0.2) is 5.69 Å². The van der Waals surface area contributed by atoms with Gasteiger partial charge in [-0.05, 0) is 41.8 Å². The van der Waals surface area contributed by atoms with Crippen LogP contribution in [0.1, 0.15) is 43.2 Å². The van der Waals surface area contributed by atoms with Crippen LogP contribution in [0.5, 0.6) is 0 Å². The minimum atomic E-state index is -4.54. The van der Waals surface area contributed by atoms with E-state index in [9.17, 15) is 18.0 Å². The number of halogens is 4. The van der Waals surface area contributed by atoms with Crippen LogP contribution in [-0.4, -0.2) is 28.6 Å². The summed E-state index contributed by atoms with van der Waals surface area (Å²) in [5, 5.41) is 8.57. The van der Waals surface area contributed by atoms with Gasteiger partial charge in [0, 0.05) is 35.4 Å². The maximum Gasteiger partial charge on any atom is 0.434 e. The molecule has 0 atom stereocenters. The molecule has 3 N–H and O–H groups in total. The predicted octanol–water partition coefficient (Wildman–Crippen LogP) is 5.16. The van der Waals surface area contributed by atoms with Crippen molar-refractivity contribution in [3.05, 3.63) is 27.3 Å². The normalized spacial score (nSPS) is 14.9. The van der Waals surface area contributed by atoms with Crippen molar-refractivity contribution in [2.24, 2.45) is 0 Å². The number of urea groups is 1. The molecule has 0 bridgehead atoms. The molecule has 2 amide bonds. The second kappa shape index (κ2) is 9.40. The summed E-state index contributed by atoms with van der Waals surface area (Å²) in [7, 11) is 0. The van der Waals surface area contributed by atoms with Crippen LogP contribution in [0, 0.1) is 0 Å². The van der Waals surface area contributed by atoms with E-state index in [0.717, 1.165) is 37.0 Å². The zero-order valence-electron chi connectivity index (χ0n) is 15.7. The number of nitrogens with one attached hydrogen (secondary N) is 3. The molecule has 0 aliphatic heterocycles. The summed E-state index contributed by atoms with van der Waals surface area (Å²) in [6.45, 7) is 2.34. The van der Waals surface area contributed by atoms with Crippen LogP contribution in [0.2, 0.25) is 0 Å². The lowest BCUT2D eigenvalue weighted by atomic mass is 10.2. The number of nitrogens with zero attached hydrogens (tertiary/aromatic N) is 2. The highest BCUT2D eigenvalue weighted by atomic mass is 79.9. The van der Waals surface area contributed by atoms with E-state index in [1.54, 1.807) is 6.92 Å². The average molecular weight is 492 g/mol. The summed E-state index contributed by atoms with van der Waals surface area (Å²) in [5.74, 6) is 0.225. The molecular formula is C18H21BrF3N5OS. The first kappa shape index (κ1) is 22.0. The second-order valence-corrected chi connectivity index (χ2v) is 8.62. The highest BCUT2D eigenvalue weighted by molar-refractivity contribution is 9.10. The van der Waals surface area contributed by atoms with Crippen LogP contribution in [-0.2, 0) is 12.7 Å². The molecular weight excluding hydrogens is 471 g/mol. The Morgan fingerprint density at radius 1 is 1.34 bits per heavy atom. The summed E-state index contributed by atoms with van der Waals surface area (Å²) < 4.78 is 41.1. The lowest BCUT2D eigenvalue weighted by Gasteiger charge is -2.12. The van der Waals surface area contributed by atoms with Crippen LogP contribution in [0.3, 0.4) is 0 Å². The molecule has 1 saturated carbocycles. The van der Waals surface area contributed by atoms with E-state index in [4.69, 9.17) is 0 Å². The third kappa shape index (κ3) is 5.67. The molecule has 3 rings (SSSR count). The Morgan fingerprint density at radius 3 is 2.72 bits per heavy atom. The van der Waals surface area contributed by atoms with E-state index in [1.807, 2.05) is 0 Å². The molecule has 6 nitrogen and oxygen atoms in total. The largest absolute Gasteiger partial charge is 0.434 e. The topological polar surface area (TPSA) is 78.9 Å². The molecule has 1 aliphatic carbocycles. The summed E-state index contributed by atoms with van der Waals surface area (Å²) in [5.41, 5.74) is -0.431. The summed E-state index contributed by atoms with van der Waals surface area (Å²) in [6.07, 6.45) is 1.06. The fourth-order valence-corrected chi connectivity index (χ4v) is 4.77. The van der Waals surface area contributed by atoms with Crippen LogP contribution in [0.4, 0.5) is 23.8 Å². The lowest BCUT2D eigenvalue weighted by molar-refractivity contribution is -0.141. The van der Waals surface area contributed by atoms with Crippen molar-refractivity contribution in [2.45, 2.75) is 51.4 Å². The second-order valence-electron chi connectivity index (χ2n) is 6.68. The zero-order chi connectivity index (χ0) is 21.0. The first-order chi connectivity index (χ1) is 13.8. The molecule has 11 heteroatoms. The number of thiazole rings is 1. The summed E-state index contributed by atoms with van der Waals surface area (Å²) in [6, 6.07) is 1.32. The predicted molar refractivity (Wildman–Crippen MR) is 110 cm³/mol. The third-order valence-corrected chi connectivity index (χ3v) is 6.26. The minimum absolute atomic E-state index is 0.129. The van der Waals surface area contributed by atoms with E-state index in [0.29, 0.717) is 16.6 Å². The average Bonchev–Trinajstić information content (AvgIpc) is 3.30. The number of amides is 2. The smallest absolute Gasteiger partial charge is 0.338 e. The number of pyridine rings is 1. The number of carbonyl (C=O) groups excluding carboxylic acids is 1. The Hall–Kier alpha value is -1.72. The molecule has 0 aromatic carbocycles. The van der Waals surface area contributed by atoms with Gasteiger partial charge in [0.05, 0.1) is 4.88 Å². The number of alkyl halides is 3. The van der Waals surface area contributed by atoms with E-state index < -0.39 is 17.9 Å². The van der Waals surface area contributed by atoms with Crippen LogP contribution >= 0.6 is 27.3 Å². The lowest BCUT2D eigenvalue weighted by Crippen LogP contribution is -2.28. The van der Waals surface area contributed by atoms with E-state index >= 15 is 0 Å². The fraction of sp³-hybridized carbons (Fsp3) is 0.500. The summed E-state index contributed by atoms with van der Waals surface area (Å²) in [4.78, 5) is 19.8. The van der Waals surface area contributed by atoms with E-state index in [1.165, 1.54) is 12.3 Å². The molecule has 0 spiro atoms. The number of carbonyl (C=O) groups is 1. The van der Waals surface area contributed by atoms with Gasteiger partial charge in [-0.2, -0.15) is 13.2 Å². The third-order valence-electron chi connectivity index (χ3n) is 4.54. The van der Waals surface area contributed by atoms with Gasteiger partial charge in [0.2, 0.25) is 0 Å². The SMILES string of the molecule is CCNC(=O)Nc1cc(-c2nc(C(F)(F)F)c(CNC3CCCC3)s2)c(Br)cn1. The molecule has 2 aromatic rings. The molecule has 0 unspecified atom stereocenters. The Morgan fingerprint density at radius 2 is 2.07 bits per heavy atom. The Kier molecular flexibility index (Phi) is 7.12. The molecule has 0 radical (unpaired) electrons. The van der Waals surface area contributed by atoms with Crippen molar-refractivity contribution in [3.8, 4) is 10.6 Å². The van der Waals surface area contributed by atoms with Crippen molar-refractivity contribution in [3.63, 3.8) is 0 Å². The zero-order valence-corrected chi connectivity index (χ0v) is 18.1. The number of aromatic nitrogens is 2. The monoisotopic (exact) mass is 491 g/mol. The van der Waals surface area contributed by atoms with Gasteiger partial charge < -0.3 is 10.6 Å². The van der Waals surface area contributed by atoms with Gasteiger partial charge in [0.1, 0.15) is 10.8 Å². The van der Waals surface area contributed by atoms with Crippen LogP contribution in [0.25, 0.3) is 10.6 Å². The molecule has 0 saturated heterocycles. The number of anilines is 1. The quantitative estimate of drug-likeness (QED) is 0.521. The van der Waals surface area contributed by atoms with Crippen molar-refractivity contribution >= 4 is 39.1 Å². The van der Waals surface area contributed by atoms with Gasteiger partial charge in [-0.3, -0.25) is 5.32 Å². The van der Waals surface area contributed by atoms with Gasteiger partial charge in [-0.1, -0.05) is 12.8 Å². The highest BCUT2D eigenvalue weighted by Gasteiger charge is 2.38. The Labute approximate surface area is 178 Å². The van der Waals surface area contributed by atoms with Crippen molar-refractivity contribution in [1.82, 2.24) is 20.6 Å². The Bertz CT molecular complexity index is 868. The van der Waals surface area contributed by atoms with Crippen molar-refractivity contribution in [2.75, 3.05) is 11.9 Å². The maximum atomic E-state index is 13.5. The number of rotatable bonds is 6. The summed E-state index contributed by atoms with van der Waals surface area (Å²) >= 11 is 4.32. The highest BCUT2D eigenvalue weighted by Crippen LogP contribution is 2.40. The minimum Gasteiger partial charge on any atom is -0.338 e. The first-order valence-electron chi connectivity index (χ1n) is 9.29. The van der Waals surface area contributed by atoms with Crippen molar-refractivity contribution < 1.29 is 18.0 Å². The first-order valence-corrected chi connectivity index (χ1v) is 10.9. The van der Waals surface area contributed by atoms with Gasteiger partial charge in [-0.25, -0.2) is 14.8 Å². The molecule has 2 aromatic heterocycles. The molecule has 1 fully saturated rings. The molecule has 158 valence electrons. The van der Waals surface area contributed by atoms with Crippen LogP contribution < -0.4 is 16.0 Å². The fourth-order valence-electron chi connectivity index (χ4n) is 3.17. The number of hydrogen-bond donors (Lipinski definition) is 3. The maximum absolute atomic E-state index is 13.5. The molecule has 2 heterocycles. The van der Waals surface area contributed by atoms with Gasteiger partial charge >= 0.3 is 12.2 Å². The van der Waals surface area contributed by atoms with Crippen molar-refractivity contribution in [1.29, 1.82) is 0 Å². The standard InChI is InChI=1S/C18H21BrF3N5OS/c1-2-23-17(28)26-14-7-11(12(19)8-25-14)16-27-15(18(20,21)22)13(29-16)9-24-10-5-3-4-6-10/h7-8,10,24H,2-6,9H2,1H3,(H2,23,25,26,28).